The van der Waals surface area contributed by atoms with E-state index in [9.17, 15) is 9.90 Å². The number of aromatic hydroxyl groups is 1. The van der Waals surface area contributed by atoms with Crippen molar-refractivity contribution in [2.75, 3.05) is 6.54 Å². The molecule has 7 heteroatoms. The van der Waals surface area contributed by atoms with Crippen LogP contribution in [0.3, 0.4) is 0 Å². The first-order valence-electron chi connectivity index (χ1n) is 8.21. The number of nitrogens with one attached hydrogen (secondary N) is 2. The molecule has 0 spiro atoms. The van der Waals surface area contributed by atoms with Gasteiger partial charge in [0.05, 0.1) is 12.2 Å². The van der Waals surface area contributed by atoms with Crippen LogP contribution in [0, 0.1) is 4.77 Å². The summed E-state index contributed by atoms with van der Waals surface area (Å²) in [5.74, 6) is -0.0959. The van der Waals surface area contributed by atoms with Crippen LogP contribution in [0.1, 0.15) is 22.9 Å². The van der Waals surface area contributed by atoms with E-state index in [2.05, 4.69) is 27.9 Å². The first-order chi connectivity index (χ1) is 12.1. The van der Waals surface area contributed by atoms with E-state index in [1.165, 1.54) is 15.5 Å². The standard InChI is InChI=1S/C18H18N4O2S/c1-2-9-22-17(24)13(16(23)21-18(22)25)15-14-11(7-8-19-15)10-5-3-4-6-12(10)20-14/h2-6,15,19-20,24H,1,7-9H2,(H,21,23,25)/p+1/t15-/m0/s1. The van der Waals surface area contributed by atoms with Crippen LogP contribution in [0.5, 0.6) is 5.88 Å². The highest BCUT2D eigenvalue weighted by Gasteiger charge is 2.33. The van der Waals surface area contributed by atoms with Crippen molar-refractivity contribution >= 4 is 23.1 Å². The molecule has 0 amide bonds. The molecule has 4 rings (SSSR count). The Bertz CT molecular complexity index is 1090. The maximum atomic E-state index is 12.6. The van der Waals surface area contributed by atoms with E-state index in [0.29, 0.717) is 12.1 Å². The minimum Gasteiger partial charge on any atom is -0.494 e. The van der Waals surface area contributed by atoms with Gasteiger partial charge in [0.1, 0.15) is 5.56 Å². The molecule has 25 heavy (non-hydrogen) atoms. The maximum Gasteiger partial charge on any atom is 0.265 e. The summed E-state index contributed by atoms with van der Waals surface area (Å²) in [6.45, 7) is 4.86. The highest BCUT2D eigenvalue weighted by atomic mass is 32.1. The van der Waals surface area contributed by atoms with Gasteiger partial charge < -0.3 is 15.4 Å². The van der Waals surface area contributed by atoms with Gasteiger partial charge in [-0.1, -0.05) is 24.3 Å². The van der Waals surface area contributed by atoms with E-state index in [1.54, 1.807) is 6.08 Å². The van der Waals surface area contributed by atoms with Crippen LogP contribution in [-0.4, -0.2) is 26.2 Å². The molecular formula is C18H19N4O2S+. The molecule has 6 nitrogen and oxygen atoms in total. The van der Waals surface area contributed by atoms with Crippen molar-refractivity contribution < 1.29 is 10.4 Å². The third kappa shape index (κ3) is 2.43. The van der Waals surface area contributed by atoms with Crippen molar-refractivity contribution in [3.8, 4) is 5.88 Å². The topological polar surface area (TPSA) is 90.4 Å². The van der Waals surface area contributed by atoms with E-state index >= 15 is 0 Å². The predicted octanol–water partition coefficient (Wildman–Crippen LogP) is 1.49. The molecule has 1 atom stereocenters. The van der Waals surface area contributed by atoms with Gasteiger partial charge in [-0.25, -0.2) is 0 Å². The maximum absolute atomic E-state index is 12.6. The largest absolute Gasteiger partial charge is 0.494 e. The molecule has 1 aliphatic rings. The molecule has 3 aromatic rings. The van der Waals surface area contributed by atoms with E-state index < -0.39 is 0 Å². The van der Waals surface area contributed by atoms with Gasteiger partial charge in [-0.15, -0.1) is 6.58 Å². The number of hydrogen-bond donors (Lipinski definition) is 4. The lowest BCUT2D eigenvalue weighted by Gasteiger charge is -2.22. The van der Waals surface area contributed by atoms with Gasteiger partial charge in [0.2, 0.25) is 5.88 Å². The molecular weight excluding hydrogens is 336 g/mol. The smallest absolute Gasteiger partial charge is 0.265 e. The van der Waals surface area contributed by atoms with Crippen LogP contribution in [0.25, 0.3) is 10.9 Å². The fourth-order valence-electron chi connectivity index (χ4n) is 3.68. The van der Waals surface area contributed by atoms with Crippen LogP contribution in [0.2, 0.25) is 0 Å². The normalized spacial score (nSPS) is 16.7. The highest BCUT2D eigenvalue weighted by molar-refractivity contribution is 7.71. The molecule has 5 N–H and O–H groups in total. The minimum absolute atomic E-state index is 0.0959. The van der Waals surface area contributed by atoms with E-state index in [0.717, 1.165) is 24.2 Å². The summed E-state index contributed by atoms with van der Waals surface area (Å²) in [6, 6.07) is 7.81. The molecule has 0 radical (unpaired) electrons. The summed E-state index contributed by atoms with van der Waals surface area (Å²) >= 11 is 5.17. The summed E-state index contributed by atoms with van der Waals surface area (Å²) in [7, 11) is 0. The number of quaternary nitrogens is 1. The molecule has 3 heterocycles. The molecule has 1 aliphatic heterocycles. The molecule has 1 aromatic carbocycles. The number of H-pyrrole nitrogens is 2. The molecule has 128 valence electrons. The average molecular weight is 355 g/mol. The summed E-state index contributed by atoms with van der Waals surface area (Å²) < 4.78 is 1.68. The van der Waals surface area contributed by atoms with Crippen molar-refractivity contribution in [1.82, 2.24) is 14.5 Å². The Hall–Kier alpha value is -2.64. The Balaban J connectivity index is 1.96. The summed E-state index contributed by atoms with van der Waals surface area (Å²) in [6.07, 6.45) is 2.55. The summed E-state index contributed by atoms with van der Waals surface area (Å²) in [5.41, 5.74) is 3.19. The SMILES string of the molecule is C=CCn1c(O)c([C@@H]2[NH2+]CCc3c2[nH]c2ccccc32)c(=O)[nH]c1=S. The molecule has 0 bridgehead atoms. The lowest BCUT2D eigenvalue weighted by Crippen LogP contribution is -2.87. The Labute approximate surface area is 148 Å². The van der Waals surface area contributed by atoms with Crippen molar-refractivity contribution in [2.24, 2.45) is 0 Å². The van der Waals surface area contributed by atoms with Gasteiger partial charge >= 0.3 is 0 Å². The summed E-state index contributed by atoms with van der Waals surface area (Å²) in [5, 5.41) is 14.0. The van der Waals surface area contributed by atoms with Gasteiger partial charge in [0, 0.05) is 23.9 Å². The quantitative estimate of drug-likeness (QED) is 0.424. The van der Waals surface area contributed by atoms with Gasteiger partial charge in [-0.2, -0.15) is 0 Å². The third-order valence-electron chi connectivity index (χ3n) is 4.78. The van der Waals surface area contributed by atoms with E-state index in [-0.39, 0.29) is 22.3 Å². The summed E-state index contributed by atoms with van der Waals surface area (Å²) in [4.78, 5) is 18.7. The monoisotopic (exact) mass is 355 g/mol. The van der Waals surface area contributed by atoms with Crippen molar-refractivity contribution in [1.29, 1.82) is 0 Å². The van der Waals surface area contributed by atoms with Gasteiger partial charge in [0.25, 0.3) is 5.56 Å². The first kappa shape index (κ1) is 15.9. The zero-order valence-electron chi connectivity index (χ0n) is 13.6. The number of rotatable bonds is 3. The number of hydrogen-bond acceptors (Lipinski definition) is 3. The van der Waals surface area contributed by atoms with Crippen LogP contribution >= 0.6 is 12.2 Å². The third-order valence-corrected chi connectivity index (χ3v) is 5.11. The second-order valence-electron chi connectivity index (χ2n) is 6.21. The van der Waals surface area contributed by atoms with Crippen molar-refractivity contribution in [3.05, 3.63) is 68.9 Å². The van der Waals surface area contributed by atoms with E-state index in [1.807, 2.05) is 18.2 Å². The number of fused-ring (bicyclic) bond motifs is 3. The number of aromatic amines is 2. The number of benzene rings is 1. The Morgan fingerprint density at radius 1 is 1.40 bits per heavy atom. The molecule has 0 saturated carbocycles. The molecule has 2 aromatic heterocycles. The number of nitrogens with two attached hydrogens (primary N) is 1. The Morgan fingerprint density at radius 3 is 3.00 bits per heavy atom. The van der Waals surface area contributed by atoms with Crippen molar-refractivity contribution in [3.63, 3.8) is 0 Å². The molecule has 0 aliphatic carbocycles. The van der Waals surface area contributed by atoms with Gasteiger partial charge in [0.15, 0.2) is 10.8 Å². The van der Waals surface area contributed by atoms with Crippen LogP contribution in [-0.2, 0) is 13.0 Å². The fourth-order valence-corrected chi connectivity index (χ4v) is 3.94. The lowest BCUT2D eigenvalue weighted by molar-refractivity contribution is -0.690. The lowest BCUT2D eigenvalue weighted by atomic mass is 9.95. The van der Waals surface area contributed by atoms with Crippen molar-refractivity contribution in [2.45, 2.75) is 19.0 Å². The average Bonchev–Trinajstić information content (AvgIpc) is 2.98. The number of nitrogens with zero attached hydrogens (tertiary/aromatic N) is 1. The highest BCUT2D eigenvalue weighted by Crippen LogP contribution is 2.32. The second-order valence-corrected chi connectivity index (χ2v) is 6.60. The van der Waals surface area contributed by atoms with Gasteiger partial charge in [-0.05, 0) is 23.8 Å². The van der Waals surface area contributed by atoms with Crippen LogP contribution in [0.15, 0.2) is 41.7 Å². The predicted molar refractivity (Wildman–Crippen MR) is 98.4 cm³/mol. The van der Waals surface area contributed by atoms with Gasteiger partial charge in [-0.3, -0.25) is 14.3 Å². The minimum atomic E-state index is -0.351. The number of allylic oxidation sites excluding steroid dienone is 1. The molecule has 0 fully saturated rings. The second kappa shape index (κ2) is 6.02. The zero-order chi connectivity index (χ0) is 17.6. The Morgan fingerprint density at radius 2 is 2.20 bits per heavy atom. The van der Waals surface area contributed by atoms with Crippen LogP contribution < -0.4 is 10.9 Å². The Kier molecular flexibility index (Phi) is 3.82. The molecule has 0 saturated heterocycles. The van der Waals surface area contributed by atoms with E-state index in [4.69, 9.17) is 12.2 Å². The van der Waals surface area contributed by atoms with Crippen LogP contribution in [0.4, 0.5) is 0 Å². The fraction of sp³-hybridized carbons (Fsp3) is 0.222. The molecule has 0 unspecified atom stereocenters. The number of para-hydroxylation sites is 1. The number of aromatic nitrogens is 3. The zero-order valence-corrected chi connectivity index (χ0v) is 14.4. The first-order valence-corrected chi connectivity index (χ1v) is 8.62.